The van der Waals surface area contributed by atoms with Gasteiger partial charge in [-0.2, -0.15) is 0 Å². The maximum atomic E-state index is 12.8. The molecule has 1 aliphatic heterocycles. The van der Waals surface area contributed by atoms with Gasteiger partial charge in [-0.25, -0.2) is 12.7 Å². The molecule has 1 saturated heterocycles. The van der Waals surface area contributed by atoms with Gasteiger partial charge in [0.1, 0.15) is 0 Å². The molecule has 0 radical (unpaired) electrons. The van der Waals surface area contributed by atoms with E-state index >= 15 is 0 Å². The number of sulfonamides is 1. The zero-order chi connectivity index (χ0) is 21.0. The lowest BCUT2D eigenvalue weighted by Gasteiger charge is -2.31. The van der Waals surface area contributed by atoms with Gasteiger partial charge < -0.3 is 5.32 Å². The Labute approximate surface area is 182 Å². The first-order valence-corrected chi connectivity index (χ1v) is 11.9. The number of benzene rings is 2. The summed E-state index contributed by atoms with van der Waals surface area (Å²) in [4.78, 5) is 12.6. The lowest BCUT2D eigenvalue weighted by molar-refractivity contribution is -0.126. The molecule has 1 heterocycles. The van der Waals surface area contributed by atoms with Crippen LogP contribution in [-0.4, -0.2) is 31.7 Å². The van der Waals surface area contributed by atoms with Crippen LogP contribution in [0.15, 0.2) is 48.5 Å². The molecule has 0 unspecified atom stereocenters. The Balaban J connectivity index is 1.55. The lowest BCUT2D eigenvalue weighted by Crippen LogP contribution is -2.43. The number of carbonyl (C=O) groups excluding carboxylic acids is 1. The molecular formula is C21H24Cl2N2O3S. The second kappa shape index (κ2) is 9.47. The largest absolute Gasteiger partial charge is 0.349 e. The van der Waals surface area contributed by atoms with Crippen LogP contribution in [-0.2, 0) is 20.6 Å². The predicted molar refractivity (Wildman–Crippen MR) is 116 cm³/mol. The van der Waals surface area contributed by atoms with Gasteiger partial charge >= 0.3 is 0 Å². The van der Waals surface area contributed by atoms with Gasteiger partial charge in [0, 0.05) is 29.1 Å². The molecule has 0 bridgehead atoms. The summed E-state index contributed by atoms with van der Waals surface area (Å²) in [6, 6.07) is 14.5. The minimum absolute atomic E-state index is 0.0286. The Kier molecular flexibility index (Phi) is 7.22. The Bertz CT molecular complexity index is 959. The van der Waals surface area contributed by atoms with Crippen LogP contribution >= 0.6 is 23.2 Å². The van der Waals surface area contributed by atoms with Crippen LogP contribution in [0.3, 0.4) is 0 Å². The molecule has 1 aliphatic rings. The molecule has 2 aromatic carbocycles. The zero-order valence-corrected chi connectivity index (χ0v) is 18.5. The summed E-state index contributed by atoms with van der Waals surface area (Å²) < 4.78 is 27.0. The van der Waals surface area contributed by atoms with Gasteiger partial charge in [0.2, 0.25) is 15.9 Å². The molecule has 0 aromatic heterocycles. The third-order valence-electron chi connectivity index (χ3n) is 5.23. The first-order valence-electron chi connectivity index (χ1n) is 9.53. The molecule has 1 amide bonds. The van der Waals surface area contributed by atoms with Gasteiger partial charge in [0.25, 0.3) is 0 Å². The number of rotatable bonds is 6. The Hall–Kier alpha value is -1.60. The molecule has 1 N–H and O–H groups in total. The van der Waals surface area contributed by atoms with Crippen LogP contribution in [0, 0.1) is 5.92 Å². The summed E-state index contributed by atoms with van der Waals surface area (Å²) in [5, 5.41) is 3.84. The van der Waals surface area contributed by atoms with Crippen molar-refractivity contribution in [3.63, 3.8) is 0 Å². The van der Waals surface area contributed by atoms with Gasteiger partial charge in [-0.1, -0.05) is 59.6 Å². The lowest BCUT2D eigenvalue weighted by atomic mass is 9.96. The number of hydrogen-bond acceptors (Lipinski definition) is 3. The SMILES string of the molecule is C[C@@H](NC(=O)C1CCN(S(=O)(=O)Cc2ccc(Cl)cc2Cl)CC1)c1ccccc1. The van der Waals surface area contributed by atoms with Crippen molar-refractivity contribution in [3.05, 3.63) is 69.7 Å². The summed E-state index contributed by atoms with van der Waals surface area (Å²) in [7, 11) is -3.51. The van der Waals surface area contributed by atoms with Crippen LogP contribution in [0.4, 0.5) is 0 Å². The Morgan fingerprint density at radius 3 is 2.41 bits per heavy atom. The van der Waals surface area contributed by atoms with E-state index in [2.05, 4.69) is 5.32 Å². The van der Waals surface area contributed by atoms with Gasteiger partial charge in [-0.3, -0.25) is 4.79 Å². The van der Waals surface area contributed by atoms with E-state index in [1.54, 1.807) is 18.2 Å². The van der Waals surface area contributed by atoms with Crippen molar-refractivity contribution >= 4 is 39.1 Å². The van der Waals surface area contributed by atoms with Crippen LogP contribution in [0.25, 0.3) is 0 Å². The summed E-state index contributed by atoms with van der Waals surface area (Å²) in [6.45, 7) is 2.60. The fourth-order valence-electron chi connectivity index (χ4n) is 3.48. The van der Waals surface area contributed by atoms with E-state index in [-0.39, 0.29) is 23.6 Å². The third-order valence-corrected chi connectivity index (χ3v) is 7.64. The van der Waals surface area contributed by atoms with Crippen LogP contribution < -0.4 is 5.32 Å². The van der Waals surface area contributed by atoms with Crippen molar-refractivity contribution in [2.45, 2.75) is 31.6 Å². The van der Waals surface area contributed by atoms with E-state index in [4.69, 9.17) is 23.2 Å². The molecule has 0 spiro atoms. The number of nitrogens with zero attached hydrogens (tertiary/aromatic N) is 1. The number of hydrogen-bond donors (Lipinski definition) is 1. The highest BCUT2D eigenvalue weighted by Gasteiger charge is 2.32. The summed E-state index contributed by atoms with van der Waals surface area (Å²) >= 11 is 12.0. The average Bonchev–Trinajstić information content (AvgIpc) is 2.71. The van der Waals surface area contributed by atoms with E-state index < -0.39 is 10.0 Å². The van der Waals surface area contributed by atoms with E-state index in [0.717, 1.165) is 5.56 Å². The summed E-state index contributed by atoms with van der Waals surface area (Å²) in [6.07, 6.45) is 1.00. The summed E-state index contributed by atoms with van der Waals surface area (Å²) in [5.41, 5.74) is 1.56. The number of halogens is 2. The van der Waals surface area contributed by atoms with Gasteiger partial charge in [-0.15, -0.1) is 0 Å². The molecule has 8 heteroatoms. The molecule has 29 heavy (non-hydrogen) atoms. The molecular weight excluding hydrogens is 431 g/mol. The van der Waals surface area contributed by atoms with Crippen LogP contribution in [0.2, 0.25) is 10.0 Å². The highest BCUT2D eigenvalue weighted by Crippen LogP contribution is 2.26. The molecule has 3 rings (SSSR count). The van der Waals surface area contributed by atoms with E-state index in [0.29, 0.717) is 41.5 Å². The Morgan fingerprint density at radius 2 is 1.79 bits per heavy atom. The van der Waals surface area contributed by atoms with Crippen molar-refractivity contribution in [1.29, 1.82) is 0 Å². The van der Waals surface area contributed by atoms with E-state index in [1.807, 2.05) is 37.3 Å². The van der Waals surface area contributed by atoms with Crippen molar-refractivity contribution in [3.8, 4) is 0 Å². The highest BCUT2D eigenvalue weighted by molar-refractivity contribution is 7.88. The normalized spacial score (nSPS) is 17.1. The minimum Gasteiger partial charge on any atom is -0.349 e. The van der Waals surface area contributed by atoms with Crippen molar-refractivity contribution in [1.82, 2.24) is 9.62 Å². The van der Waals surface area contributed by atoms with Crippen molar-refractivity contribution < 1.29 is 13.2 Å². The standard InChI is InChI=1S/C21H24Cl2N2O3S/c1-15(16-5-3-2-4-6-16)24-21(26)17-9-11-25(12-10-17)29(27,28)14-18-7-8-19(22)13-20(18)23/h2-8,13,15,17H,9-12,14H2,1H3,(H,24,26)/t15-/m1/s1. The molecule has 156 valence electrons. The average molecular weight is 455 g/mol. The van der Waals surface area contributed by atoms with Gasteiger partial charge in [0.15, 0.2) is 0 Å². The molecule has 5 nitrogen and oxygen atoms in total. The Morgan fingerprint density at radius 1 is 1.14 bits per heavy atom. The molecule has 0 saturated carbocycles. The van der Waals surface area contributed by atoms with Crippen LogP contribution in [0.5, 0.6) is 0 Å². The highest BCUT2D eigenvalue weighted by atomic mass is 35.5. The van der Waals surface area contributed by atoms with Crippen molar-refractivity contribution in [2.24, 2.45) is 5.92 Å². The second-order valence-electron chi connectivity index (χ2n) is 7.31. The third kappa shape index (κ3) is 5.72. The van der Waals surface area contributed by atoms with E-state index in [9.17, 15) is 13.2 Å². The number of carbonyl (C=O) groups is 1. The molecule has 0 aliphatic carbocycles. The fraction of sp³-hybridized carbons (Fsp3) is 0.381. The van der Waals surface area contributed by atoms with Crippen LogP contribution in [0.1, 0.15) is 36.9 Å². The first kappa shape index (κ1) is 22.1. The topological polar surface area (TPSA) is 66.5 Å². The predicted octanol–water partition coefficient (Wildman–Crippen LogP) is 4.41. The number of nitrogens with one attached hydrogen (secondary N) is 1. The zero-order valence-electron chi connectivity index (χ0n) is 16.1. The monoisotopic (exact) mass is 454 g/mol. The quantitative estimate of drug-likeness (QED) is 0.702. The fourth-order valence-corrected chi connectivity index (χ4v) is 5.63. The van der Waals surface area contributed by atoms with E-state index in [1.165, 1.54) is 4.31 Å². The number of amides is 1. The minimum atomic E-state index is -3.51. The molecule has 1 fully saturated rings. The smallest absolute Gasteiger partial charge is 0.223 e. The number of piperidine rings is 1. The summed E-state index contributed by atoms with van der Waals surface area (Å²) in [5.74, 6) is -0.392. The first-order chi connectivity index (χ1) is 13.8. The molecule has 1 atom stereocenters. The maximum Gasteiger partial charge on any atom is 0.223 e. The second-order valence-corrected chi connectivity index (χ2v) is 10.1. The van der Waals surface area contributed by atoms with Gasteiger partial charge in [-0.05, 0) is 43.0 Å². The van der Waals surface area contributed by atoms with Gasteiger partial charge in [0.05, 0.1) is 11.8 Å². The molecule has 2 aromatic rings. The maximum absolute atomic E-state index is 12.8. The van der Waals surface area contributed by atoms with Crippen molar-refractivity contribution in [2.75, 3.05) is 13.1 Å².